The zero-order valence-electron chi connectivity index (χ0n) is 10.5. The van der Waals surface area contributed by atoms with Gasteiger partial charge in [0.1, 0.15) is 6.26 Å². The number of esters is 1. The number of carbonyl (C=O) groups is 1. The molecular formula is C16H11NO3. The van der Waals surface area contributed by atoms with Crippen molar-refractivity contribution >= 4 is 5.97 Å². The van der Waals surface area contributed by atoms with Gasteiger partial charge in [0.2, 0.25) is 0 Å². The topological polar surface area (TPSA) is 52.3 Å². The van der Waals surface area contributed by atoms with Crippen molar-refractivity contribution in [2.45, 2.75) is 0 Å². The van der Waals surface area contributed by atoms with Crippen LogP contribution in [0.3, 0.4) is 0 Å². The summed E-state index contributed by atoms with van der Waals surface area (Å²) in [5.74, 6) is -0.309. The number of hydrogen-bond acceptors (Lipinski definition) is 4. The van der Waals surface area contributed by atoms with Crippen LogP contribution in [0.4, 0.5) is 0 Å². The van der Waals surface area contributed by atoms with E-state index in [4.69, 9.17) is 4.74 Å². The number of nitrogens with zero attached hydrogens (tertiary/aromatic N) is 1. The van der Waals surface area contributed by atoms with Crippen LogP contribution < -0.4 is 4.74 Å². The minimum atomic E-state index is -0.460. The normalized spacial score (nSPS) is 10.2. The van der Waals surface area contributed by atoms with E-state index in [1.807, 2.05) is 42.5 Å². The number of ether oxygens (including phenoxy) is 1. The lowest BCUT2D eigenvalue weighted by atomic mass is 10.00. The van der Waals surface area contributed by atoms with Crippen molar-refractivity contribution in [3.05, 3.63) is 72.5 Å². The van der Waals surface area contributed by atoms with Crippen LogP contribution in [0.15, 0.2) is 71.4 Å². The van der Waals surface area contributed by atoms with E-state index >= 15 is 0 Å². The first-order valence-corrected chi connectivity index (χ1v) is 6.11. The van der Waals surface area contributed by atoms with Crippen molar-refractivity contribution in [1.82, 2.24) is 5.16 Å². The molecule has 0 aliphatic carbocycles. The standard InChI is InChI=1S/C16H11NO3/c18-16(20-15-10-11-19-17-15)14-9-5-4-8-13(14)12-6-2-1-3-7-12/h1-11H. The Bertz CT molecular complexity index is 706. The molecule has 0 saturated heterocycles. The van der Waals surface area contributed by atoms with Crippen LogP contribution >= 0.6 is 0 Å². The third-order valence-corrected chi connectivity index (χ3v) is 2.84. The minimum absolute atomic E-state index is 0.151. The van der Waals surface area contributed by atoms with Crippen molar-refractivity contribution < 1.29 is 14.1 Å². The Kier molecular flexibility index (Phi) is 3.29. The van der Waals surface area contributed by atoms with Gasteiger partial charge >= 0.3 is 5.97 Å². The highest BCUT2D eigenvalue weighted by Gasteiger charge is 2.15. The van der Waals surface area contributed by atoms with Gasteiger partial charge in [-0.15, -0.1) is 0 Å². The monoisotopic (exact) mass is 265 g/mol. The largest absolute Gasteiger partial charge is 0.400 e. The molecule has 0 aliphatic heterocycles. The molecule has 98 valence electrons. The highest BCUT2D eigenvalue weighted by molar-refractivity contribution is 5.98. The van der Waals surface area contributed by atoms with E-state index < -0.39 is 5.97 Å². The summed E-state index contributed by atoms with van der Waals surface area (Å²) in [7, 11) is 0. The Morgan fingerprint density at radius 1 is 0.950 bits per heavy atom. The van der Waals surface area contributed by atoms with E-state index in [1.54, 1.807) is 12.1 Å². The predicted molar refractivity (Wildman–Crippen MR) is 73.3 cm³/mol. The van der Waals surface area contributed by atoms with Crippen molar-refractivity contribution in [2.24, 2.45) is 0 Å². The Morgan fingerprint density at radius 2 is 1.70 bits per heavy atom. The molecule has 0 unspecified atom stereocenters. The van der Waals surface area contributed by atoms with Crippen LogP contribution in [0.5, 0.6) is 5.88 Å². The van der Waals surface area contributed by atoms with Gasteiger partial charge in [-0.2, -0.15) is 0 Å². The van der Waals surface area contributed by atoms with Gasteiger partial charge in [0.15, 0.2) is 0 Å². The summed E-state index contributed by atoms with van der Waals surface area (Å²) in [4.78, 5) is 12.2. The number of hydrogen-bond donors (Lipinski definition) is 0. The SMILES string of the molecule is O=C(Oc1ccon1)c1ccccc1-c1ccccc1. The average Bonchev–Trinajstić information content (AvgIpc) is 3.01. The molecule has 0 fully saturated rings. The van der Waals surface area contributed by atoms with Gasteiger partial charge < -0.3 is 9.26 Å². The summed E-state index contributed by atoms with van der Waals surface area (Å²) in [5, 5.41) is 3.57. The van der Waals surface area contributed by atoms with E-state index in [2.05, 4.69) is 9.68 Å². The molecular weight excluding hydrogens is 254 g/mol. The molecule has 20 heavy (non-hydrogen) atoms. The van der Waals surface area contributed by atoms with Gasteiger partial charge in [0, 0.05) is 6.07 Å². The number of aromatic nitrogens is 1. The van der Waals surface area contributed by atoms with E-state index in [9.17, 15) is 4.79 Å². The molecule has 0 spiro atoms. The van der Waals surface area contributed by atoms with Gasteiger partial charge in [0.05, 0.1) is 5.56 Å². The van der Waals surface area contributed by atoms with Crippen LogP contribution in [-0.2, 0) is 0 Å². The zero-order chi connectivity index (χ0) is 13.8. The maximum Gasteiger partial charge on any atom is 0.345 e. The zero-order valence-corrected chi connectivity index (χ0v) is 10.5. The Hall–Kier alpha value is -2.88. The first kappa shape index (κ1) is 12.2. The predicted octanol–water partition coefficient (Wildman–Crippen LogP) is 3.56. The average molecular weight is 265 g/mol. The smallest absolute Gasteiger partial charge is 0.345 e. The Labute approximate surface area is 115 Å². The summed E-state index contributed by atoms with van der Waals surface area (Å²) in [6.07, 6.45) is 1.35. The third-order valence-electron chi connectivity index (χ3n) is 2.84. The summed E-state index contributed by atoms with van der Waals surface area (Å²) in [5.41, 5.74) is 2.27. The van der Waals surface area contributed by atoms with Gasteiger partial charge in [-0.05, 0) is 22.3 Å². The second-order valence-corrected chi connectivity index (χ2v) is 4.14. The fourth-order valence-electron chi connectivity index (χ4n) is 1.93. The number of benzene rings is 2. The van der Waals surface area contributed by atoms with Crippen molar-refractivity contribution in [2.75, 3.05) is 0 Å². The summed E-state index contributed by atoms with van der Waals surface area (Å²) < 4.78 is 9.80. The molecule has 4 nitrogen and oxygen atoms in total. The lowest BCUT2D eigenvalue weighted by Gasteiger charge is -2.08. The van der Waals surface area contributed by atoms with Gasteiger partial charge in [0.25, 0.3) is 5.88 Å². The number of rotatable bonds is 3. The molecule has 4 heteroatoms. The molecule has 1 heterocycles. The Morgan fingerprint density at radius 3 is 2.45 bits per heavy atom. The van der Waals surface area contributed by atoms with Gasteiger partial charge in [-0.3, -0.25) is 0 Å². The lowest BCUT2D eigenvalue weighted by molar-refractivity contribution is 0.0722. The first-order chi connectivity index (χ1) is 9.84. The fraction of sp³-hybridized carbons (Fsp3) is 0. The first-order valence-electron chi connectivity index (χ1n) is 6.11. The molecule has 3 aromatic rings. The molecule has 0 atom stereocenters. The van der Waals surface area contributed by atoms with Crippen LogP contribution in [0.1, 0.15) is 10.4 Å². The maximum absolute atomic E-state index is 12.2. The van der Waals surface area contributed by atoms with E-state index in [0.29, 0.717) is 5.56 Å². The highest BCUT2D eigenvalue weighted by Crippen LogP contribution is 2.24. The molecule has 0 N–H and O–H groups in total. The Balaban J connectivity index is 1.96. The molecule has 0 amide bonds. The van der Waals surface area contributed by atoms with Gasteiger partial charge in [-0.25, -0.2) is 4.79 Å². The fourth-order valence-corrected chi connectivity index (χ4v) is 1.93. The highest BCUT2D eigenvalue weighted by atomic mass is 16.6. The minimum Gasteiger partial charge on any atom is -0.400 e. The van der Waals surface area contributed by atoms with Crippen molar-refractivity contribution in [3.63, 3.8) is 0 Å². The van der Waals surface area contributed by atoms with Crippen LogP contribution in [0.25, 0.3) is 11.1 Å². The van der Waals surface area contributed by atoms with Crippen molar-refractivity contribution in [1.29, 1.82) is 0 Å². The summed E-state index contributed by atoms with van der Waals surface area (Å²) >= 11 is 0. The molecule has 1 aromatic heterocycles. The van der Waals surface area contributed by atoms with E-state index in [1.165, 1.54) is 12.3 Å². The molecule has 2 aromatic carbocycles. The van der Waals surface area contributed by atoms with Crippen LogP contribution in [0, 0.1) is 0 Å². The maximum atomic E-state index is 12.2. The van der Waals surface area contributed by atoms with Gasteiger partial charge in [-0.1, -0.05) is 48.5 Å². The quantitative estimate of drug-likeness (QED) is 0.679. The lowest BCUT2D eigenvalue weighted by Crippen LogP contribution is -2.10. The van der Waals surface area contributed by atoms with Crippen molar-refractivity contribution in [3.8, 4) is 17.0 Å². The molecule has 0 bridgehead atoms. The van der Waals surface area contributed by atoms with Crippen LogP contribution in [0.2, 0.25) is 0 Å². The summed E-state index contributed by atoms with van der Waals surface area (Å²) in [6.45, 7) is 0. The third kappa shape index (κ3) is 2.44. The second-order valence-electron chi connectivity index (χ2n) is 4.14. The molecule has 0 saturated carbocycles. The van der Waals surface area contributed by atoms with E-state index in [0.717, 1.165) is 11.1 Å². The second kappa shape index (κ2) is 5.40. The van der Waals surface area contributed by atoms with E-state index in [-0.39, 0.29) is 5.88 Å². The molecule has 0 aliphatic rings. The number of carbonyl (C=O) groups excluding carboxylic acids is 1. The molecule has 0 radical (unpaired) electrons. The molecule has 3 rings (SSSR count). The summed E-state index contributed by atoms with van der Waals surface area (Å²) in [6, 6.07) is 18.5. The van der Waals surface area contributed by atoms with Crippen LogP contribution in [-0.4, -0.2) is 11.1 Å².